The number of H-pyrrole nitrogens is 1. The SMILES string of the molecule is O=C(NCCOCC(F)(F)F)c1cc2c(F)cccc2[nH]1. The molecule has 0 atom stereocenters. The second-order valence-electron chi connectivity index (χ2n) is 4.31. The summed E-state index contributed by atoms with van der Waals surface area (Å²) in [7, 11) is 0. The Morgan fingerprint density at radius 1 is 1.33 bits per heavy atom. The van der Waals surface area contributed by atoms with Gasteiger partial charge in [-0.2, -0.15) is 13.2 Å². The molecule has 0 saturated carbocycles. The smallest absolute Gasteiger partial charge is 0.370 e. The van der Waals surface area contributed by atoms with Crippen LogP contribution in [0.15, 0.2) is 24.3 Å². The Hall–Kier alpha value is -2.09. The van der Waals surface area contributed by atoms with E-state index in [4.69, 9.17) is 0 Å². The number of fused-ring (bicyclic) bond motifs is 1. The van der Waals surface area contributed by atoms with Crippen LogP contribution in [-0.2, 0) is 4.74 Å². The van der Waals surface area contributed by atoms with Gasteiger partial charge in [0.15, 0.2) is 0 Å². The number of aromatic nitrogens is 1. The van der Waals surface area contributed by atoms with E-state index in [2.05, 4.69) is 15.0 Å². The zero-order valence-electron chi connectivity index (χ0n) is 10.8. The van der Waals surface area contributed by atoms with E-state index in [0.29, 0.717) is 5.52 Å². The molecule has 0 aliphatic heterocycles. The number of aromatic amines is 1. The minimum absolute atomic E-state index is 0.0766. The highest BCUT2D eigenvalue weighted by Crippen LogP contribution is 2.18. The molecule has 1 heterocycles. The lowest BCUT2D eigenvalue weighted by molar-refractivity contribution is -0.173. The summed E-state index contributed by atoms with van der Waals surface area (Å²) in [6.45, 7) is -1.70. The number of benzene rings is 1. The maximum Gasteiger partial charge on any atom is 0.411 e. The quantitative estimate of drug-likeness (QED) is 0.659. The molecule has 0 unspecified atom stereocenters. The van der Waals surface area contributed by atoms with Crippen molar-refractivity contribution >= 4 is 16.8 Å². The van der Waals surface area contributed by atoms with Gasteiger partial charge >= 0.3 is 6.18 Å². The molecule has 1 aromatic heterocycles. The molecule has 0 saturated heterocycles. The number of rotatable bonds is 5. The predicted molar refractivity (Wildman–Crippen MR) is 67.5 cm³/mol. The van der Waals surface area contributed by atoms with Gasteiger partial charge in [0.25, 0.3) is 5.91 Å². The Kier molecular flexibility index (Phi) is 4.46. The van der Waals surface area contributed by atoms with Crippen LogP contribution in [0.25, 0.3) is 10.9 Å². The Labute approximate surface area is 117 Å². The average molecular weight is 304 g/mol. The van der Waals surface area contributed by atoms with Gasteiger partial charge in [-0.15, -0.1) is 0 Å². The van der Waals surface area contributed by atoms with Crippen LogP contribution >= 0.6 is 0 Å². The summed E-state index contributed by atoms with van der Waals surface area (Å²) in [6.07, 6.45) is -4.39. The van der Waals surface area contributed by atoms with Crippen LogP contribution < -0.4 is 5.32 Å². The van der Waals surface area contributed by atoms with Crippen molar-refractivity contribution in [3.05, 3.63) is 35.8 Å². The summed E-state index contributed by atoms with van der Waals surface area (Å²) in [5.74, 6) is -1.00. The fourth-order valence-electron chi connectivity index (χ4n) is 1.76. The number of hydrogen-bond donors (Lipinski definition) is 2. The highest BCUT2D eigenvalue weighted by molar-refractivity contribution is 5.98. The molecule has 1 aromatic carbocycles. The first-order valence-electron chi connectivity index (χ1n) is 6.07. The molecule has 0 aliphatic carbocycles. The van der Waals surface area contributed by atoms with E-state index >= 15 is 0 Å². The van der Waals surface area contributed by atoms with Gasteiger partial charge in [-0.25, -0.2) is 4.39 Å². The molecule has 1 amide bonds. The molecule has 0 bridgehead atoms. The second kappa shape index (κ2) is 6.13. The third-order valence-electron chi connectivity index (χ3n) is 2.65. The lowest BCUT2D eigenvalue weighted by Gasteiger charge is -2.07. The number of ether oxygens (including phenoxy) is 1. The van der Waals surface area contributed by atoms with Gasteiger partial charge in [-0.1, -0.05) is 6.07 Å². The maximum atomic E-state index is 13.4. The highest BCUT2D eigenvalue weighted by atomic mass is 19.4. The van der Waals surface area contributed by atoms with E-state index in [-0.39, 0.29) is 24.2 Å². The molecule has 2 N–H and O–H groups in total. The van der Waals surface area contributed by atoms with Gasteiger partial charge in [0.05, 0.1) is 6.61 Å². The number of carbonyl (C=O) groups is 1. The third-order valence-corrected chi connectivity index (χ3v) is 2.65. The highest BCUT2D eigenvalue weighted by Gasteiger charge is 2.27. The van der Waals surface area contributed by atoms with Gasteiger partial charge in [-0.3, -0.25) is 4.79 Å². The minimum atomic E-state index is -4.39. The lowest BCUT2D eigenvalue weighted by atomic mass is 10.2. The lowest BCUT2D eigenvalue weighted by Crippen LogP contribution is -2.29. The summed E-state index contributed by atoms with van der Waals surface area (Å²) >= 11 is 0. The summed E-state index contributed by atoms with van der Waals surface area (Å²) in [6, 6.07) is 5.72. The van der Waals surface area contributed by atoms with Gasteiger partial charge < -0.3 is 15.0 Å². The largest absolute Gasteiger partial charge is 0.411 e. The van der Waals surface area contributed by atoms with Gasteiger partial charge in [0.1, 0.15) is 18.1 Å². The van der Waals surface area contributed by atoms with Crippen molar-refractivity contribution in [1.29, 1.82) is 0 Å². The van der Waals surface area contributed by atoms with Crippen LogP contribution in [0.5, 0.6) is 0 Å². The molecule has 2 rings (SSSR count). The fourth-order valence-corrected chi connectivity index (χ4v) is 1.76. The number of carbonyl (C=O) groups excluding carboxylic acids is 1. The van der Waals surface area contributed by atoms with Crippen molar-refractivity contribution < 1.29 is 27.1 Å². The van der Waals surface area contributed by atoms with Crippen molar-refractivity contribution in [2.75, 3.05) is 19.8 Å². The monoisotopic (exact) mass is 304 g/mol. The molecule has 21 heavy (non-hydrogen) atoms. The zero-order chi connectivity index (χ0) is 15.5. The van der Waals surface area contributed by atoms with Crippen LogP contribution in [-0.4, -0.2) is 36.8 Å². The van der Waals surface area contributed by atoms with Crippen molar-refractivity contribution in [3.8, 4) is 0 Å². The van der Waals surface area contributed by atoms with Gasteiger partial charge in [-0.05, 0) is 18.2 Å². The number of halogens is 4. The second-order valence-corrected chi connectivity index (χ2v) is 4.31. The van der Waals surface area contributed by atoms with Crippen molar-refractivity contribution in [2.24, 2.45) is 0 Å². The first-order chi connectivity index (χ1) is 9.87. The molecule has 0 spiro atoms. The Bertz CT molecular complexity index is 637. The first-order valence-corrected chi connectivity index (χ1v) is 6.07. The summed E-state index contributed by atoms with van der Waals surface area (Å²) in [4.78, 5) is 14.5. The normalized spacial score (nSPS) is 11.8. The molecule has 8 heteroatoms. The molecular weight excluding hydrogens is 292 g/mol. The molecule has 114 valence electrons. The molecule has 2 aromatic rings. The summed E-state index contributed by atoms with van der Waals surface area (Å²) in [5.41, 5.74) is 0.597. The van der Waals surface area contributed by atoms with Crippen LogP contribution in [0.4, 0.5) is 17.6 Å². The summed E-state index contributed by atoms with van der Waals surface area (Å²) in [5, 5.41) is 2.65. The predicted octanol–water partition coefficient (Wildman–Crippen LogP) is 2.62. The summed E-state index contributed by atoms with van der Waals surface area (Å²) < 4.78 is 53.2. The average Bonchev–Trinajstić information content (AvgIpc) is 2.82. The van der Waals surface area contributed by atoms with Crippen molar-refractivity contribution in [2.45, 2.75) is 6.18 Å². The molecule has 0 radical (unpaired) electrons. The van der Waals surface area contributed by atoms with E-state index in [0.717, 1.165) is 0 Å². The standard InChI is InChI=1S/C13H12F4N2O2/c14-9-2-1-3-10-8(9)6-11(19-10)12(20)18-4-5-21-7-13(15,16)17/h1-3,6,19H,4-5,7H2,(H,18,20). The Morgan fingerprint density at radius 2 is 2.10 bits per heavy atom. The molecule has 0 aliphatic rings. The van der Waals surface area contributed by atoms with Gasteiger partial charge in [0, 0.05) is 17.4 Å². The number of amides is 1. The van der Waals surface area contributed by atoms with E-state index in [1.54, 1.807) is 6.07 Å². The van der Waals surface area contributed by atoms with Crippen LogP contribution in [0.2, 0.25) is 0 Å². The van der Waals surface area contributed by atoms with E-state index in [1.807, 2.05) is 0 Å². The number of nitrogens with one attached hydrogen (secondary N) is 2. The van der Waals surface area contributed by atoms with Crippen LogP contribution in [0.3, 0.4) is 0 Å². The van der Waals surface area contributed by atoms with Crippen LogP contribution in [0.1, 0.15) is 10.5 Å². The Balaban J connectivity index is 1.86. The van der Waals surface area contributed by atoms with Crippen molar-refractivity contribution in [3.63, 3.8) is 0 Å². The molecular formula is C13H12F4N2O2. The Morgan fingerprint density at radius 3 is 2.76 bits per heavy atom. The molecule has 0 fully saturated rings. The van der Waals surface area contributed by atoms with Gasteiger partial charge in [0.2, 0.25) is 0 Å². The zero-order valence-corrected chi connectivity index (χ0v) is 10.8. The maximum absolute atomic E-state index is 13.4. The van der Waals surface area contributed by atoms with E-state index in [9.17, 15) is 22.4 Å². The number of alkyl halides is 3. The van der Waals surface area contributed by atoms with Crippen LogP contribution in [0, 0.1) is 5.82 Å². The third kappa shape index (κ3) is 4.19. The van der Waals surface area contributed by atoms with E-state index in [1.165, 1.54) is 18.2 Å². The van der Waals surface area contributed by atoms with Crippen molar-refractivity contribution in [1.82, 2.24) is 10.3 Å². The number of hydrogen-bond acceptors (Lipinski definition) is 2. The minimum Gasteiger partial charge on any atom is -0.370 e. The molecule has 4 nitrogen and oxygen atoms in total. The van der Waals surface area contributed by atoms with E-state index < -0.39 is 24.5 Å². The topological polar surface area (TPSA) is 54.1 Å². The first kappa shape index (κ1) is 15.3. The fraction of sp³-hybridized carbons (Fsp3) is 0.308.